The zero-order valence-corrected chi connectivity index (χ0v) is 8.77. The van der Waals surface area contributed by atoms with E-state index in [1.807, 2.05) is 0 Å². The molecule has 0 spiro atoms. The molecule has 2 N–H and O–H groups in total. The van der Waals surface area contributed by atoms with Gasteiger partial charge in [-0.05, 0) is 29.8 Å². The lowest BCUT2D eigenvalue weighted by Gasteiger charge is -2.04. The van der Waals surface area contributed by atoms with E-state index in [4.69, 9.17) is 5.73 Å². The van der Waals surface area contributed by atoms with Gasteiger partial charge in [-0.3, -0.25) is 4.79 Å². The number of halogens is 1. The Morgan fingerprint density at radius 1 is 1.31 bits per heavy atom. The average molecular weight is 218 g/mol. The maximum absolute atomic E-state index is 13.0. The van der Waals surface area contributed by atoms with Crippen molar-refractivity contribution in [1.29, 1.82) is 0 Å². The smallest absolute Gasteiger partial charge is 0.258 e. The van der Waals surface area contributed by atoms with Gasteiger partial charge in [-0.25, -0.2) is 4.39 Å². The molecular weight excluding hydrogens is 207 g/mol. The van der Waals surface area contributed by atoms with Gasteiger partial charge in [0.25, 0.3) is 5.56 Å². The Bertz CT molecular complexity index is 590. The number of rotatable bonds is 1. The number of benzene rings is 1. The van der Waals surface area contributed by atoms with Crippen molar-refractivity contribution in [3.05, 3.63) is 52.7 Å². The molecule has 0 saturated heterocycles. The summed E-state index contributed by atoms with van der Waals surface area (Å²) in [6.45, 7) is 0. The molecule has 2 rings (SSSR count). The van der Waals surface area contributed by atoms with E-state index in [0.29, 0.717) is 11.1 Å². The maximum atomic E-state index is 13.0. The van der Waals surface area contributed by atoms with Crippen LogP contribution in [0.15, 0.2) is 41.3 Å². The van der Waals surface area contributed by atoms with Crippen molar-refractivity contribution in [3.8, 4) is 11.1 Å². The summed E-state index contributed by atoms with van der Waals surface area (Å²) in [6.07, 6.45) is 1.67. The van der Waals surface area contributed by atoms with Gasteiger partial charge < -0.3 is 10.3 Å². The molecule has 1 aromatic heterocycles. The monoisotopic (exact) mass is 218 g/mol. The van der Waals surface area contributed by atoms with Crippen LogP contribution in [-0.2, 0) is 7.05 Å². The average Bonchev–Trinajstić information content (AvgIpc) is 2.26. The van der Waals surface area contributed by atoms with Crippen LogP contribution in [-0.4, -0.2) is 4.57 Å². The Labute approximate surface area is 92.0 Å². The van der Waals surface area contributed by atoms with E-state index in [9.17, 15) is 9.18 Å². The van der Waals surface area contributed by atoms with Crippen molar-refractivity contribution in [1.82, 2.24) is 4.57 Å². The summed E-state index contributed by atoms with van der Waals surface area (Å²) in [6, 6.07) is 7.72. The molecule has 3 nitrogen and oxygen atoms in total. The summed E-state index contributed by atoms with van der Waals surface area (Å²) in [5.74, 6) is -0.475. The van der Waals surface area contributed by atoms with Crippen LogP contribution in [0.5, 0.6) is 0 Å². The number of hydrogen-bond acceptors (Lipinski definition) is 2. The van der Waals surface area contributed by atoms with E-state index in [2.05, 4.69) is 0 Å². The van der Waals surface area contributed by atoms with Gasteiger partial charge in [-0.2, -0.15) is 0 Å². The van der Waals surface area contributed by atoms with Gasteiger partial charge in [-0.15, -0.1) is 0 Å². The molecule has 2 aromatic rings. The molecule has 4 heteroatoms. The van der Waals surface area contributed by atoms with E-state index >= 15 is 0 Å². The van der Waals surface area contributed by atoms with Gasteiger partial charge in [0.1, 0.15) is 5.82 Å². The van der Waals surface area contributed by atoms with Gasteiger partial charge >= 0.3 is 0 Å². The van der Waals surface area contributed by atoms with E-state index in [1.165, 1.54) is 16.7 Å². The number of aromatic nitrogens is 1. The molecule has 0 saturated carbocycles. The molecule has 0 radical (unpaired) electrons. The first-order valence-corrected chi connectivity index (χ1v) is 4.80. The molecule has 0 aliphatic carbocycles. The molecule has 0 atom stereocenters. The summed E-state index contributed by atoms with van der Waals surface area (Å²) >= 11 is 0. The largest absolute Gasteiger partial charge is 0.396 e. The van der Waals surface area contributed by atoms with Crippen LogP contribution in [0.25, 0.3) is 11.1 Å². The number of nitrogens with zero attached hydrogens (tertiary/aromatic N) is 1. The van der Waals surface area contributed by atoms with Gasteiger partial charge in [0.2, 0.25) is 0 Å². The molecule has 0 amide bonds. The lowest BCUT2D eigenvalue weighted by atomic mass is 10.1. The quantitative estimate of drug-likeness (QED) is 0.741. The molecule has 16 heavy (non-hydrogen) atoms. The number of aryl methyl sites for hydroxylation is 1. The van der Waals surface area contributed by atoms with Crippen LogP contribution in [0.1, 0.15) is 0 Å². The SMILES string of the molecule is Cn1cccc(-c2ccc(F)c(N)c2)c1=O. The number of nitrogen functional groups attached to an aromatic ring is 1. The molecule has 0 unspecified atom stereocenters. The lowest BCUT2D eigenvalue weighted by molar-refractivity contribution is 0.632. The minimum atomic E-state index is -0.475. The van der Waals surface area contributed by atoms with Crippen LogP contribution in [0.2, 0.25) is 0 Å². The van der Waals surface area contributed by atoms with Crippen molar-refractivity contribution in [2.24, 2.45) is 7.05 Å². The van der Waals surface area contributed by atoms with Crippen LogP contribution < -0.4 is 11.3 Å². The van der Waals surface area contributed by atoms with Gasteiger partial charge in [-0.1, -0.05) is 6.07 Å². The van der Waals surface area contributed by atoms with E-state index in [0.717, 1.165) is 0 Å². The number of hydrogen-bond donors (Lipinski definition) is 1. The van der Waals surface area contributed by atoms with Crippen molar-refractivity contribution in [2.75, 3.05) is 5.73 Å². The maximum Gasteiger partial charge on any atom is 0.258 e. The highest BCUT2D eigenvalue weighted by Gasteiger charge is 2.06. The number of anilines is 1. The molecule has 0 bridgehead atoms. The molecule has 0 aliphatic rings. The molecule has 0 fully saturated rings. The highest BCUT2D eigenvalue weighted by atomic mass is 19.1. The first-order chi connectivity index (χ1) is 7.59. The summed E-state index contributed by atoms with van der Waals surface area (Å²) in [5.41, 5.74) is 6.51. The Morgan fingerprint density at radius 3 is 2.75 bits per heavy atom. The number of nitrogens with two attached hydrogens (primary N) is 1. The Kier molecular flexibility index (Phi) is 2.48. The van der Waals surface area contributed by atoms with Gasteiger partial charge in [0.05, 0.1) is 5.69 Å². The summed E-state index contributed by atoms with van der Waals surface area (Å²) in [5, 5.41) is 0. The number of pyridine rings is 1. The lowest BCUT2D eigenvalue weighted by Crippen LogP contribution is -2.17. The molecule has 1 heterocycles. The first-order valence-electron chi connectivity index (χ1n) is 4.80. The highest BCUT2D eigenvalue weighted by Crippen LogP contribution is 2.20. The third kappa shape index (κ3) is 1.69. The van der Waals surface area contributed by atoms with Gasteiger partial charge in [0, 0.05) is 18.8 Å². The van der Waals surface area contributed by atoms with Crippen LogP contribution in [0.3, 0.4) is 0 Å². The standard InChI is InChI=1S/C12H11FN2O/c1-15-6-2-3-9(12(15)16)8-4-5-10(13)11(14)7-8/h2-7H,14H2,1H3. The predicted molar refractivity (Wildman–Crippen MR) is 61.5 cm³/mol. The minimum Gasteiger partial charge on any atom is -0.396 e. The predicted octanol–water partition coefficient (Wildman–Crippen LogP) is 1.77. The minimum absolute atomic E-state index is 0.0448. The summed E-state index contributed by atoms with van der Waals surface area (Å²) < 4.78 is 14.5. The van der Waals surface area contributed by atoms with Crippen LogP contribution in [0.4, 0.5) is 10.1 Å². The van der Waals surface area contributed by atoms with Crippen molar-refractivity contribution >= 4 is 5.69 Å². The second-order valence-corrected chi connectivity index (χ2v) is 3.57. The Hall–Kier alpha value is -2.10. The third-order valence-electron chi connectivity index (χ3n) is 2.43. The fraction of sp³-hybridized carbons (Fsp3) is 0.0833. The second kappa shape index (κ2) is 3.81. The highest BCUT2D eigenvalue weighted by molar-refractivity contribution is 5.66. The van der Waals surface area contributed by atoms with E-state index in [1.54, 1.807) is 31.4 Å². The molecular formula is C12H11FN2O. The second-order valence-electron chi connectivity index (χ2n) is 3.57. The zero-order valence-electron chi connectivity index (χ0n) is 8.77. The van der Waals surface area contributed by atoms with E-state index in [-0.39, 0.29) is 11.2 Å². The van der Waals surface area contributed by atoms with E-state index < -0.39 is 5.82 Å². The fourth-order valence-corrected chi connectivity index (χ4v) is 1.53. The molecule has 0 aliphatic heterocycles. The Morgan fingerprint density at radius 2 is 2.06 bits per heavy atom. The zero-order chi connectivity index (χ0) is 11.7. The molecule has 82 valence electrons. The Balaban J connectivity index is 2.64. The fourth-order valence-electron chi connectivity index (χ4n) is 1.53. The van der Waals surface area contributed by atoms with Crippen LogP contribution >= 0.6 is 0 Å². The summed E-state index contributed by atoms with van der Waals surface area (Å²) in [4.78, 5) is 11.8. The normalized spacial score (nSPS) is 10.4. The molecule has 1 aromatic carbocycles. The van der Waals surface area contributed by atoms with Crippen molar-refractivity contribution in [3.63, 3.8) is 0 Å². The summed E-state index contributed by atoms with van der Waals surface area (Å²) in [7, 11) is 1.67. The third-order valence-corrected chi connectivity index (χ3v) is 2.43. The van der Waals surface area contributed by atoms with Crippen LogP contribution in [0, 0.1) is 5.82 Å². The topological polar surface area (TPSA) is 48.0 Å². The van der Waals surface area contributed by atoms with Crippen molar-refractivity contribution in [2.45, 2.75) is 0 Å². The van der Waals surface area contributed by atoms with Crippen molar-refractivity contribution < 1.29 is 4.39 Å². The first kappa shape index (κ1) is 10.4. The van der Waals surface area contributed by atoms with Gasteiger partial charge in [0.15, 0.2) is 0 Å².